The number of nitrogens with two attached hydrogens (primary N) is 1. The highest BCUT2D eigenvalue weighted by atomic mass is 16.1. The lowest BCUT2D eigenvalue weighted by atomic mass is 10.0. The third-order valence-electron chi connectivity index (χ3n) is 3.26. The second-order valence-electron chi connectivity index (χ2n) is 4.66. The van der Waals surface area contributed by atoms with Gasteiger partial charge in [0.1, 0.15) is 5.82 Å². The number of amides is 1. The van der Waals surface area contributed by atoms with Gasteiger partial charge in [0.05, 0.1) is 0 Å². The van der Waals surface area contributed by atoms with E-state index in [1.54, 1.807) is 12.1 Å². The van der Waals surface area contributed by atoms with Gasteiger partial charge in [0, 0.05) is 6.54 Å². The highest BCUT2D eigenvalue weighted by Crippen LogP contribution is 2.19. The predicted molar refractivity (Wildman–Crippen MR) is 81.8 cm³/mol. The number of fused-ring (bicyclic) bond motifs is 1. The van der Waals surface area contributed by atoms with Crippen LogP contribution in [0.25, 0.3) is 10.8 Å². The van der Waals surface area contributed by atoms with E-state index in [0.29, 0.717) is 12.4 Å². The summed E-state index contributed by atoms with van der Waals surface area (Å²) in [5, 5.41) is 13.3. The number of rotatable bonds is 4. The summed E-state index contributed by atoms with van der Waals surface area (Å²) in [4.78, 5) is 10.9. The average molecular weight is 278 g/mol. The minimum absolute atomic E-state index is 0.158. The molecule has 1 heterocycles. The smallest absolute Gasteiger partial charge is 0.269 e. The summed E-state index contributed by atoms with van der Waals surface area (Å²) in [5.41, 5.74) is 6.46. The first-order valence-corrected chi connectivity index (χ1v) is 6.58. The van der Waals surface area contributed by atoms with Gasteiger partial charge in [0.15, 0.2) is 5.69 Å². The summed E-state index contributed by atoms with van der Waals surface area (Å²) in [7, 11) is 0. The van der Waals surface area contributed by atoms with Crippen LogP contribution < -0.4 is 11.1 Å². The van der Waals surface area contributed by atoms with E-state index < -0.39 is 5.91 Å². The van der Waals surface area contributed by atoms with Crippen LogP contribution in [0.1, 0.15) is 16.1 Å². The highest BCUT2D eigenvalue weighted by molar-refractivity contribution is 5.90. The first kappa shape index (κ1) is 13.1. The van der Waals surface area contributed by atoms with Gasteiger partial charge in [-0.15, -0.1) is 10.2 Å². The van der Waals surface area contributed by atoms with E-state index in [2.05, 4.69) is 39.8 Å². The van der Waals surface area contributed by atoms with Gasteiger partial charge < -0.3 is 11.1 Å². The Bertz CT molecular complexity index is 778. The maximum absolute atomic E-state index is 10.9. The molecule has 0 fully saturated rings. The van der Waals surface area contributed by atoms with Crippen molar-refractivity contribution in [3.05, 3.63) is 65.9 Å². The molecule has 1 aromatic heterocycles. The zero-order valence-corrected chi connectivity index (χ0v) is 11.3. The lowest BCUT2D eigenvalue weighted by Gasteiger charge is -2.08. The van der Waals surface area contributed by atoms with Crippen molar-refractivity contribution in [3.8, 4) is 0 Å². The third kappa shape index (κ3) is 2.81. The van der Waals surface area contributed by atoms with Crippen molar-refractivity contribution in [1.29, 1.82) is 0 Å². The minimum Gasteiger partial charge on any atom is -0.364 e. The molecular weight excluding hydrogens is 264 g/mol. The maximum Gasteiger partial charge on any atom is 0.269 e. The number of nitrogens with one attached hydrogen (secondary N) is 1. The van der Waals surface area contributed by atoms with Crippen LogP contribution in [0.5, 0.6) is 0 Å². The molecule has 0 aliphatic carbocycles. The van der Waals surface area contributed by atoms with Crippen molar-refractivity contribution in [2.75, 3.05) is 5.32 Å². The Morgan fingerprint density at radius 1 is 1.00 bits per heavy atom. The Morgan fingerprint density at radius 3 is 2.57 bits per heavy atom. The van der Waals surface area contributed by atoms with Crippen LogP contribution in [-0.4, -0.2) is 16.1 Å². The quantitative estimate of drug-likeness (QED) is 0.767. The van der Waals surface area contributed by atoms with Crippen LogP contribution in [0.4, 0.5) is 5.82 Å². The summed E-state index contributed by atoms with van der Waals surface area (Å²) < 4.78 is 0. The summed E-state index contributed by atoms with van der Waals surface area (Å²) in [6, 6.07) is 17.6. The van der Waals surface area contributed by atoms with Gasteiger partial charge in [-0.2, -0.15) is 0 Å². The van der Waals surface area contributed by atoms with Crippen LogP contribution in [0, 0.1) is 0 Å². The van der Waals surface area contributed by atoms with Gasteiger partial charge in [-0.1, -0.05) is 42.5 Å². The van der Waals surface area contributed by atoms with Gasteiger partial charge in [-0.3, -0.25) is 4.79 Å². The molecule has 104 valence electrons. The molecule has 3 N–H and O–H groups in total. The second kappa shape index (κ2) is 5.58. The fourth-order valence-corrected chi connectivity index (χ4v) is 2.19. The molecule has 0 unspecified atom stereocenters. The first-order chi connectivity index (χ1) is 10.2. The molecule has 0 bridgehead atoms. The number of anilines is 1. The van der Waals surface area contributed by atoms with E-state index in [1.807, 2.05) is 18.2 Å². The molecule has 0 spiro atoms. The average Bonchev–Trinajstić information content (AvgIpc) is 2.53. The Morgan fingerprint density at radius 2 is 1.81 bits per heavy atom. The molecule has 21 heavy (non-hydrogen) atoms. The van der Waals surface area contributed by atoms with E-state index in [9.17, 15) is 4.79 Å². The van der Waals surface area contributed by atoms with Gasteiger partial charge >= 0.3 is 0 Å². The Balaban J connectivity index is 1.79. The van der Waals surface area contributed by atoms with Gasteiger partial charge in [-0.05, 0) is 28.5 Å². The summed E-state index contributed by atoms with van der Waals surface area (Å²) >= 11 is 0. The maximum atomic E-state index is 10.9. The molecule has 0 atom stereocenters. The molecule has 3 aromatic rings. The summed E-state index contributed by atoms with van der Waals surface area (Å²) in [6.45, 7) is 0.631. The van der Waals surface area contributed by atoms with Crippen LogP contribution in [0.2, 0.25) is 0 Å². The van der Waals surface area contributed by atoms with Gasteiger partial charge in [-0.25, -0.2) is 0 Å². The number of hydrogen-bond donors (Lipinski definition) is 2. The molecule has 5 nitrogen and oxygen atoms in total. The van der Waals surface area contributed by atoms with Crippen LogP contribution in [-0.2, 0) is 6.54 Å². The number of carbonyl (C=O) groups is 1. The topological polar surface area (TPSA) is 80.9 Å². The van der Waals surface area contributed by atoms with Crippen molar-refractivity contribution in [2.45, 2.75) is 6.54 Å². The van der Waals surface area contributed by atoms with E-state index in [-0.39, 0.29) is 5.69 Å². The molecular formula is C16H14N4O. The van der Waals surface area contributed by atoms with Gasteiger partial charge in [0.2, 0.25) is 0 Å². The van der Waals surface area contributed by atoms with E-state index >= 15 is 0 Å². The van der Waals surface area contributed by atoms with Gasteiger partial charge in [0.25, 0.3) is 5.91 Å². The molecule has 0 radical (unpaired) electrons. The molecule has 3 rings (SSSR count). The molecule has 0 aliphatic rings. The third-order valence-corrected chi connectivity index (χ3v) is 3.26. The van der Waals surface area contributed by atoms with Crippen molar-refractivity contribution in [2.24, 2.45) is 5.73 Å². The van der Waals surface area contributed by atoms with Crippen LogP contribution in [0.15, 0.2) is 54.6 Å². The molecule has 0 saturated carbocycles. The van der Waals surface area contributed by atoms with Crippen molar-refractivity contribution in [3.63, 3.8) is 0 Å². The van der Waals surface area contributed by atoms with E-state index in [4.69, 9.17) is 5.73 Å². The van der Waals surface area contributed by atoms with E-state index in [1.165, 1.54) is 16.3 Å². The summed E-state index contributed by atoms with van der Waals surface area (Å²) in [5.74, 6) is 0.0241. The number of nitrogens with zero attached hydrogens (tertiary/aromatic N) is 2. The second-order valence-corrected chi connectivity index (χ2v) is 4.66. The molecule has 0 aliphatic heterocycles. The zero-order chi connectivity index (χ0) is 14.7. The Kier molecular flexibility index (Phi) is 3.47. The number of hydrogen-bond acceptors (Lipinski definition) is 4. The SMILES string of the molecule is NC(=O)c1ccc(NCc2cccc3ccccc23)nn1. The lowest BCUT2D eigenvalue weighted by molar-refractivity contribution is 0.0994. The van der Waals surface area contributed by atoms with Crippen LogP contribution >= 0.6 is 0 Å². The fourth-order valence-electron chi connectivity index (χ4n) is 2.19. The number of aromatic nitrogens is 2. The first-order valence-electron chi connectivity index (χ1n) is 6.58. The molecule has 5 heteroatoms. The standard InChI is InChI=1S/C16H14N4O/c17-16(21)14-8-9-15(20-19-14)18-10-12-6-3-5-11-4-1-2-7-13(11)12/h1-9H,10H2,(H2,17,21)(H,18,20). The minimum atomic E-state index is -0.580. The molecule has 2 aromatic carbocycles. The van der Waals surface area contributed by atoms with Crippen molar-refractivity contribution < 1.29 is 4.79 Å². The highest BCUT2D eigenvalue weighted by Gasteiger charge is 2.04. The van der Waals surface area contributed by atoms with Crippen molar-refractivity contribution >= 4 is 22.5 Å². The monoisotopic (exact) mass is 278 g/mol. The number of carbonyl (C=O) groups excluding carboxylic acids is 1. The lowest BCUT2D eigenvalue weighted by Crippen LogP contribution is -2.14. The Hall–Kier alpha value is -2.95. The van der Waals surface area contributed by atoms with Crippen LogP contribution in [0.3, 0.4) is 0 Å². The van der Waals surface area contributed by atoms with E-state index in [0.717, 1.165) is 0 Å². The zero-order valence-electron chi connectivity index (χ0n) is 11.3. The largest absolute Gasteiger partial charge is 0.364 e. The predicted octanol–water partition coefficient (Wildman–Crippen LogP) is 2.34. The molecule has 0 saturated heterocycles. The fraction of sp³-hybridized carbons (Fsp3) is 0.0625. The number of benzene rings is 2. The molecule has 1 amide bonds. The normalized spacial score (nSPS) is 10.5. The number of primary amides is 1. The summed E-state index contributed by atoms with van der Waals surface area (Å²) in [6.07, 6.45) is 0. The van der Waals surface area contributed by atoms with Crippen molar-refractivity contribution in [1.82, 2.24) is 10.2 Å². The Labute approximate surface area is 121 Å².